The fourth-order valence-electron chi connectivity index (χ4n) is 1.16. The molecule has 78 valence electrons. The summed E-state index contributed by atoms with van der Waals surface area (Å²) >= 11 is 6.77. The minimum absolute atomic E-state index is 0.520. The van der Waals surface area contributed by atoms with E-state index in [0.29, 0.717) is 5.82 Å². The maximum Gasteiger partial charge on any atom is 0.167 e. The van der Waals surface area contributed by atoms with Crippen LogP contribution in [0.4, 0.5) is 5.82 Å². The maximum absolute atomic E-state index is 5.67. The Morgan fingerprint density at radius 3 is 2.67 bits per heavy atom. The third-order valence-electron chi connectivity index (χ3n) is 1.94. The molecule has 0 aliphatic rings. The van der Waals surface area contributed by atoms with E-state index in [1.807, 2.05) is 19.2 Å². The lowest BCUT2D eigenvalue weighted by molar-refractivity contribution is 0.845. The van der Waals surface area contributed by atoms with Crippen molar-refractivity contribution in [3.63, 3.8) is 0 Å². The summed E-state index contributed by atoms with van der Waals surface area (Å²) < 4.78 is 3.43. The first kappa shape index (κ1) is 10.6. The molecule has 4 nitrogen and oxygen atoms in total. The van der Waals surface area contributed by atoms with Gasteiger partial charge in [-0.1, -0.05) is 0 Å². The molecule has 2 aromatic heterocycles. The summed E-state index contributed by atoms with van der Waals surface area (Å²) in [7, 11) is 0. The molecule has 0 saturated carbocycles. The summed E-state index contributed by atoms with van der Waals surface area (Å²) in [5.41, 5.74) is 6.61. The van der Waals surface area contributed by atoms with Gasteiger partial charge >= 0.3 is 0 Å². The van der Waals surface area contributed by atoms with Crippen molar-refractivity contribution in [2.24, 2.45) is 0 Å². The van der Waals surface area contributed by atoms with E-state index < -0.39 is 0 Å². The van der Waals surface area contributed by atoms with Gasteiger partial charge in [0, 0.05) is 22.4 Å². The third-order valence-corrected chi connectivity index (χ3v) is 2.96. The summed E-state index contributed by atoms with van der Waals surface area (Å²) in [4.78, 5) is 4.25. The van der Waals surface area contributed by atoms with Crippen LogP contribution in [0, 0.1) is 6.92 Å². The van der Waals surface area contributed by atoms with Crippen LogP contribution < -0.4 is 5.73 Å². The Balaban J connectivity index is 2.54. The molecule has 0 radical (unpaired) electrons. The predicted molar refractivity (Wildman–Crippen MR) is 65.9 cm³/mol. The average Bonchev–Trinajstić information content (AvgIpc) is 2.46. The van der Waals surface area contributed by atoms with Gasteiger partial charge in [-0.15, -0.1) is 5.10 Å². The summed E-state index contributed by atoms with van der Waals surface area (Å²) in [5, 5.41) is 4.16. The second-order valence-electron chi connectivity index (χ2n) is 3.10. The van der Waals surface area contributed by atoms with Gasteiger partial charge < -0.3 is 5.73 Å². The number of aromatic nitrogens is 3. The van der Waals surface area contributed by atoms with Gasteiger partial charge in [0.25, 0.3) is 0 Å². The van der Waals surface area contributed by atoms with Crippen molar-refractivity contribution in [3.05, 3.63) is 33.0 Å². The van der Waals surface area contributed by atoms with Gasteiger partial charge in [0.1, 0.15) is 5.82 Å². The smallest absolute Gasteiger partial charge is 0.167 e. The van der Waals surface area contributed by atoms with Gasteiger partial charge in [0.2, 0.25) is 0 Å². The highest BCUT2D eigenvalue weighted by molar-refractivity contribution is 9.11. The Morgan fingerprint density at radius 1 is 1.40 bits per heavy atom. The Kier molecular flexibility index (Phi) is 2.79. The van der Waals surface area contributed by atoms with Crippen molar-refractivity contribution in [1.29, 1.82) is 0 Å². The number of nitrogens with two attached hydrogens (primary N) is 1. The highest BCUT2D eigenvalue weighted by atomic mass is 79.9. The number of anilines is 1. The number of rotatable bonds is 1. The standard InChI is InChI=1S/C9H8Br2N4/c1-5-4-15(14-8(5)12)9-7(11)2-6(10)3-13-9/h2-4H,1H3,(H2,12,14). The van der Waals surface area contributed by atoms with E-state index >= 15 is 0 Å². The lowest BCUT2D eigenvalue weighted by Crippen LogP contribution is -2.00. The molecule has 0 aromatic carbocycles. The SMILES string of the molecule is Cc1cn(-c2ncc(Br)cc2Br)nc1N. The van der Waals surface area contributed by atoms with Crippen molar-refractivity contribution >= 4 is 37.7 Å². The number of hydrogen-bond donors (Lipinski definition) is 1. The molecule has 0 saturated heterocycles. The van der Waals surface area contributed by atoms with E-state index in [0.717, 1.165) is 20.3 Å². The van der Waals surface area contributed by atoms with Gasteiger partial charge in [-0.25, -0.2) is 9.67 Å². The number of halogens is 2. The molecule has 0 amide bonds. The van der Waals surface area contributed by atoms with E-state index in [1.54, 1.807) is 10.9 Å². The molecule has 0 spiro atoms. The second-order valence-corrected chi connectivity index (χ2v) is 4.87. The molecule has 2 heterocycles. The van der Waals surface area contributed by atoms with Crippen molar-refractivity contribution in [2.45, 2.75) is 6.92 Å². The summed E-state index contributed by atoms with van der Waals surface area (Å²) in [6, 6.07) is 1.91. The summed E-state index contributed by atoms with van der Waals surface area (Å²) in [5.74, 6) is 1.24. The first-order valence-electron chi connectivity index (χ1n) is 4.21. The zero-order chi connectivity index (χ0) is 11.0. The molecule has 0 fully saturated rings. The van der Waals surface area contributed by atoms with Crippen LogP contribution in [0.25, 0.3) is 5.82 Å². The molecule has 0 atom stereocenters. The fourth-order valence-corrected chi connectivity index (χ4v) is 2.33. The van der Waals surface area contributed by atoms with Crippen LogP contribution in [0.15, 0.2) is 27.4 Å². The normalized spacial score (nSPS) is 10.6. The Morgan fingerprint density at radius 2 is 2.13 bits per heavy atom. The minimum Gasteiger partial charge on any atom is -0.382 e. The molecule has 6 heteroatoms. The maximum atomic E-state index is 5.67. The van der Waals surface area contributed by atoms with Crippen LogP contribution in [-0.2, 0) is 0 Å². The van der Waals surface area contributed by atoms with E-state index in [2.05, 4.69) is 41.9 Å². The molecular weight excluding hydrogens is 324 g/mol. The van der Waals surface area contributed by atoms with Gasteiger partial charge in [-0.05, 0) is 44.8 Å². The molecule has 2 aromatic rings. The fraction of sp³-hybridized carbons (Fsp3) is 0.111. The van der Waals surface area contributed by atoms with Crippen LogP contribution in [0.3, 0.4) is 0 Å². The van der Waals surface area contributed by atoms with Gasteiger partial charge in [0.05, 0.1) is 4.47 Å². The molecular formula is C9H8Br2N4. The number of aryl methyl sites for hydroxylation is 1. The van der Waals surface area contributed by atoms with Crippen LogP contribution in [0.2, 0.25) is 0 Å². The highest BCUT2D eigenvalue weighted by Crippen LogP contribution is 2.23. The second kappa shape index (κ2) is 3.94. The quantitative estimate of drug-likeness (QED) is 0.874. The van der Waals surface area contributed by atoms with E-state index in [4.69, 9.17) is 5.73 Å². The van der Waals surface area contributed by atoms with E-state index in [1.165, 1.54) is 0 Å². The number of nitrogen functional groups attached to an aromatic ring is 1. The van der Waals surface area contributed by atoms with Crippen LogP contribution in [-0.4, -0.2) is 14.8 Å². The minimum atomic E-state index is 0.520. The molecule has 0 unspecified atom stereocenters. The monoisotopic (exact) mass is 330 g/mol. The lowest BCUT2D eigenvalue weighted by Gasteiger charge is -2.02. The zero-order valence-corrected chi connectivity index (χ0v) is 11.1. The van der Waals surface area contributed by atoms with Gasteiger partial charge in [-0.3, -0.25) is 0 Å². The number of hydrogen-bond acceptors (Lipinski definition) is 3. The molecule has 0 aliphatic heterocycles. The van der Waals surface area contributed by atoms with Crippen molar-refractivity contribution in [1.82, 2.24) is 14.8 Å². The topological polar surface area (TPSA) is 56.7 Å². The number of pyridine rings is 1. The van der Waals surface area contributed by atoms with Crippen LogP contribution in [0.5, 0.6) is 0 Å². The Hall–Kier alpha value is -0.880. The van der Waals surface area contributed by atoms with E-state index in [9.17, 15) is 0 Å². The third kappa shape index (κ3) is 2.05. The van der Waals surface area contributed by atoms with Crippen LogP contribution >= 0.6 is 31.9 Å². The van der Waals surface area contributed by atoms with E-state index in [-0.39, 0.29) is 0 Å². The lowest BCUT2D eigenvalue weighted by atomic mass is 10.4. The molecule has 2 N–H and O–H groups in total. The van der Waals surface area contributed by atoms with Crippen LogP contribution in [0.1, 0.15) is 5.56 Å². The molecule has 0 bridgehead atoms. The van der Waals surface area contributed by atoms with Gasteiger partial charge in [-0.2, -0.15) is 0 Å². The first-order valence-corrected chi connectivity index (χ1v) is 5.79. The van der Waals surface area contributed by atoms with Crippen molar-refractivity contribution < 1.29 is 0 Å². The Labute approximate surface area is 104 Å². The van der Waals surface area contributed by atoms with Gasteiger partial charge in [0.15, 0.2) is 5.82 Å². The van der Waals surface area contributed by atoms with Crippen molar-refractivity contribution in [3.8, 4) is 5.82 Å². The molecule has 15 heavy (non-hydrogen) atoms. The van der Waals surface area contributed by atoms with Crippen molar-refractivity contribution in [2.75, 3.05) is 5.73 Å². The summed E-state index contributed by atoms with van der Waals surface area (Å²) in [6.07, 6.45) is 3.56. The predicted octanol–water partition coefficient (Wildman–Crippen LogP) is 2.68. The largest absolute Gasteiger partial charge is 0.382 e. The first-order chi connectivity index (χ1) is 7.08. The molecule has 0 aliphatic carbocycles. The number of nitrogens with zero attached hydrogens (tertiary/aromatic N) is 3. The Bertz CT molecular complexity index is 487. The average molecular weight is 332 g/mol. The highest BCUT2D eigenvalue weighted by Gasteiger charge is 2.08. The molecule has 2 rings (SSSR count). The summed E-state index contributed by atoms with van der Waals surface area (Å²) in [6.45, 7) is 1.91. The zero-order valence-electron chi connectivity index (χ0n) is 7.91.